The average Bonchev–Trinajstić information content (AvgIpc) is 3.58. The quantitative estimate of drug-likeness (QED) is 0.524. The van der Waals surface area contributed by atoms with Crippen LogP contribution in [-0.4, -0.2) is 31.8 Å². The van der Waals surface area contributed by atoms with E-state index in [2.05, 4.69) is 0 Å². The Hall–Kier alpha value is -1.43. The summed E-state index contributed by atoms with van der Waals surface area (Å²) in [6, 6.07) is 2.94. The van der Waals surface area contributed by atoms with E-state index in [4.69, 9.17) is 4.74 Å². The molecule has 0 radical (unpaired) electrons. The van der Waals surface area contributed by atoms with Crippen molar-refractivity contribution in [2.75, 3.05) is 12.4 Å². The van der Waals surface area contributed by atoms with Crippen molar-refractivity contribution in [3.8, 4) is 5.75 Å². The molecule has 0 aromatic heterocycles. The lowest BCUT2D eigenvalue weighted by molar-refractivity contribution is -0.0747. The Morgan fingerprint density at radius 2 is 1.61 bits per heavy atom. The number of rotatable bonds is 8. The minimum Gasteiger partial charge on any atom is -0.493 e. The molecule has 7 rings (SSSR count). The fourth-order valence-electron chi connectivity index (χ4n) is 7.13. The fourth-order valence-corrected chi connectivity index (χ4v) is 8.74. The summed E-state index contributed by atoms with van der Waals surface area (Å²) < 4.78 is 45.7. The van der Waals surface area contributed by atoms with Gasteiger partial charge in [-0.2, -0.15) is 0 Å². The number of sulfone groups is 1. The number of carbonyl (C=O) groups excluding carboxylic acids is 1. The Morgan fingerprint density at radius 1 is 1.00 bits per heavy atom. The van der Waals surface area contributed by atoms with E-state index in [1.54, 1.807) is 6.07 Å². The van der Waals surface area contributed by atoms with Gasteiger partial charge in [0.05, 0.1) is 17.4 Å². The average molecular weight is 447 g/mol. The summed E-state index contributed by atoms with van der Waals surface area (Å²) in [7, 11) is -3.46. The van der Waals surface area contributed by atoms with Crippen LogP contribution in [0.1, 0.15) is 86.0 Å². The predicted octanol–water partition coefficient (Wildman–Crippen LogP) is 5.06. The van der Waals surface area contributed by atoms with Gasteiger partial charge in [-0.15, -0.1) is 0 Å². The van der Waals surface area contributed by atoms with Crippen molar-refractivity contribution in [3.63, 3.8) is 0 Å². The van der Waals surface area contributed by atoms with E-state index < -0.39 is 32.4 Å². The Morgan fingerprint density at radius 3 is 2.16 bits per heavy atom. The molecule has 6 aliphatic carbocycles. The molecule has 0 spiro atoms. The second kappa shape index (κ2) is 7.03. The molecule has 0 aliphatic heterocycles. The number of ether oxygens (including phenoxy) is 1. The Bertz CT molecular complexity index is 987. The fraction of sp³-hybridized carbons (Fsp3) is 0.720. The number of halogens is 1. The van der Waals surface area contributed by atoms with Crippen molar-refractivity contribution in [1.29, 1.82) is 0 Å². The summed E-state index contributed by atoms with van der Waals surface area (Å²) in [5.41, 5.74) is 1.03. The van der Waals surface area contributed by atoms with Crippen molar-refractivity contribution < 1.29 is 22.3 Å². The first-order valence-electron chi connectivity index (χ1n) is 12.0. The van der Waals surface area contributed by atoms with Crippen LogP contribution in [0.5, 0.6) is 5.75 Å². The van der Waals surface area contributed by atoms with Gasteiger partial charge in [-0.05, 0) is 99.5 Å². The summed E-state index contributed by atoms with van der Waals surface area (Å²) in [5.74, 6) is 1.50. The van der Waals surface area contributed by atoms with E-state index in [9.17, 15) is 17.6 Å². The van der Waals surface area contributed by atoms with Gasteiger partial charge >= 0.3 is 0 Å². The molecule has 4 bridgehead atoms. The topological polar surface area (TPSA) is 60.4 Å². The SMILES string of the molecule is O=C(CS(=O)(=O)C1CC1)c1cc(C2CC2)c(OCC23CC4CC(CC(C4)C2)C3)cc1F. The van der Waals surface area contributed by atoms with Gasteiger partial charge < -0.3 is 4.74 Å². The third kappa shape index (κ3) is 3.83. The molecule has 1 aromatic rings. The van der Waals surface area contributed by atoms with Gasteiger partial charge in [0.25, 0.3) is 0 Å². The van der Waals surface area contributed by atoms with Crippen LogP contribution in [0.4, 0.5) is 4.39 Å². The molecule has 0 unspecified atom stereocenters. The normalized spacial score (nSPS) is 34.2. The number of Topliss-reactive ketones (excluding diaryl/α,β-unsaturated/α-hetero) is 1. The molecule has 6 aliphatic rings. The third-order valence-corrected chi connectivity index (χ3v) is 10.6. The van der Waals surface area contributed by atoms with Crippen molar-refractivity contribution in [2.45, 2.75) is 75.4 Å². The number of hydrogen-bond donors (Lipinski definition) is 0. The number of ketones is 1. The van der Waals surface area contributed by atoms with Gasteiger partial charge in [0.2, 0.25) is 0 Å². The molecule has 6 saturated carbocycles. The zero-order valence-electron chi connectivity index (χ0n) is 17.9. The van der Waals surface area contributed by atoms with E-state index in [0.29, 0.717) is 31.1 Å². The zero-order valence-corrected chi connectivity index (χ0v) is 18.8. The van der Waals surface area contributed by atoms with E-state index in [1.165, 1.54) is 44.6 Å². The van der Waals surface area contributed by atoms with Crippen LogP contribution < -0.4 is 4.74 Å². The Balaban J connectivity index is 1.22. The second-order valence-electron chi connectivity index (χ2n) is 11.3. The largest absolute Gasteiger partial charge is 0.493 e. The smallest absolute Gasteiger partial charge is 0.180 e. The number of carbonyl (C=O) groups is 1. The lowest BCUT2D eigenvalue weighted by Crippen LogP contribution is -2.48. The molecule has 31 heavy (non-hydrogen) atoms. The highest BCUT2D eigenvalue weighted by atomic mass is 32.2. The van der Waals surface area contributed by atoms with Gasteiger partial charge in [-0.1, -0.05) is 0 Å². The first-order chi connectivity index (χ1) is 14.8. The highest BCUT2D eigenvalue weighted by Gasteiger charge is 2.51. The summed E-state index contributed by atoms with van der Waals surface area (Å²) in [4.78, 5) is 12.6. The Labute approximate surface area is 183 Å². The second-order valence-corrected chi connectivity index (χ2v) is 13.6. The van der Waals surface area contributed by atoms with Gasteiger partial charge in [-0.3, -0.25) is 4.79 Å². The van der Waals surface area contributed by atoms with Gasteiger partial charge in [0.1, 0.15) is 17.3 Å². The lowest BCUT2D eigenvalue weighted by atomic mass is 9.50. The predicted molar refractivity (Wildman–Crippen MR) is 116 cm³/mol. The summed E-state index contributed by atoms with van der Waals surface area (Å²) in [5, 5.41) is -0.412. The highest BCUT2D eigenvalue weighted by molar-refractivity contribution is 7.93. The maximum absolute atomic E-state index is 14.9. The van der Waals surface area contributed by atoms with Gasteiger partial charge in [0, 0.05) is 11.5 Å². The maximum atomic E-state index is 14.9. The van der Waals surface area contributed by atoms with Crippen LogP contribution in [0.2, 0.25) is 0 Å². The van der Waals surface area contributed by atoms with Gasteiger partial charge in [0.15, 0.2) is 15.6 Å². The monoisotopic (exact) mass is 446 g/mol. The molecule has 1 aromatic carbocycles. The molecule has 0 N–H and O–H groups in total. The van der Waals surface area contributed by atoms with Crippen molar-refractivity contribution in [2.24, 2.45) is 23.2 Å². The van der Waals surface area contributed by atoms with Gasteiger partial charge in [-0.25, -0.2) is 12.8 Å². The number of benzene rings is 1. The molecule has 0 saturated heterocycles. The third-order valence-electron chi connectivity index (χ3n) is 8.48. The highest BCUT2D eigenvalue weighted by Crippen LogP contribution is 2.60. The number of hydrogen-bond acceptors (Lipinski definition) is 4. The van der Waals surface area contributed by atoms with Crippen LogP contribution in [-0.2, 0) is 9.84 Å². The molecular weight excluding hydrogens is 415 g/mol. The standard InChI is InChI=1S/C25H31FO4S/c26-22-9-24(30-14-25-10-15-5-16(11-25)7-17(6-15)12-25)20(18-1-2-18)8-21(22)23(27)13-31(28,29)19-3-4-19/h8-9,15-19H,1-7,10-14H2. The van der Waals surface area contributed by atoms with E-state index >= 15 is 0 Å². The van der Waals surface area contributed by atoms with Crippen LogP contribution in [0.15, 0.2) is 12.1 Å². The summed E-state index contributed by atoms with van der Waals surface area (Å²) in [6.07, 6.45) is 11.1. The molecule has 0 atom stereocenters. The van der Waals surface area contributed by atoms with Crippen LogP contribution in [0.3, 0.4) is 0 Å². The first kappa shape index (κ1) is 20.2. The van der Waals surface area contributed by atoms with Crippen molar-refractivity contribution in [3.05, 3.63) is 29.1 Å². The molecule has 0 amide bonds. The Kier molecular flexibility index (Phi) is 4.58. The zero-order chi connectivity index (χ0) is 21.4. The van der Waals surface area contributed by atoms with E-state index in [0.717, 1.165) is 36.2 Å². The van der Waals surface area contributed by atoms with Crippen molar-refractivity contribution >= 4 is 15.6 Å². The molecule has 6 heteroatoms. The van der Waals surface area contributed by atoms with Crippen LogP contribution in [0, 0.1) is 29.0 Å². The minimum absolute atomic E-state index is 0.0896. The lowest BCUT2D eigenvalue weighted by Gasteiger charge is -2.56. The van der Waals surface area contributed by atoms with Crippen LogP contribution >= 0.6 is 0 Å². The minimum atomic E-state index is -3.46. The van der Waals surface area contributed by atoms with E-state index in [1.807, 2.05) is 0 Å². The summed E-state index contributed by atoms with van der Waals surface area (Å²) >= 11 is 0. The molecule has 0 heterocycles. The molecule has 168 valence electrons. The molecule has 4 nitrogen and oxygen atoms in total. The summed E-state index contributed by atoms with van der Waals surface area (Å²) in [6.45, 7) is 0.638. The molecule has 6 fully saturated rings. The molecular formula is C25H31FO4S. The van der Waals surface area contributed by atoms with Crippen LogP contribution in [0.25, 0.3) is 0 Å². The maximum Gasteiger partial charge on any atom is 0.180 e. The van der Waals surface area contributed by atoms with Crippen molar-refractivity contribution in [1.82, 2.24) is 0 Å². The van der Waals surface area contributed by atoms with E-state index in [-0.39, 0.29) is 11.0 Å². The first-order valence-corrected chi connectivity index (χ1v) is 13.7.